The van der Waals surface area contributed by atoms with E-state index >= 15 is 0 Å². The van der Waals surface area contributed by atoms with Gasteiger partial charge in [0.15, 0.2) is 0 Å². The molecule has 0 spiro atoms. The zero-order valence-corrected chi connectivity index (χ0v) is 13.1. The van der Waals surface area contributed by atoms with Crippen molar-refractivity contribution >= 4 is 11.6 Å². The molecule has 0 unspecified atom stereocenters. The number of hydrogen-bond acceptors (Lipinski definition) is 0. The average molecular weight is 296 g/mol. The minimum atomic E-state index is 0.935. The van der Waals surface area contributed by atoms with Crippen LogP contribution in [0.25, 0.3) is 11.6 Å². The molecule has 0 saturated carbocycles. The normalized spacial score (nSPS) is 11.7. The molecule has 0 aliphatic heterocycles. The Labute approximate surface area is 138 Å². The van der Waals surface area contributed by atoms with Gasteiger partial charge in [-0.05, 0) is 28.7 Å². The second kappa shape index (κ2) is 7.95. The fourth-order valence-electron chi connectivity index (χ4n) is 2.50. The van der Waals surface area contributed by atoms with Gasteiger partial charge in [-0.1, -0.05) is 109 Å². The molecular weight excluding hydrogens is 276 g/mol. The molecule has 0 aromatic heterocycles. The van der Waals surface area contributed by atoms with Crippen LogP contribution < -0.4 is 0 Å². The SMILES string of the molecule is C(=Cc1ccccc1)C(=CCc1ccccc1)c1ccccc1. The van der Waals surface area contributed by atoms with Crippen LogP contribution in [0.1, 0.15) is 16.7 Å². The summed E-state index contributed by atoms with van der Waals surface area (Å²) in [6.45, 7) is 0. The predicted molar refractivity (Wildman–Crippen MR) is 100 cm³/mol. The molecule has 0 radical (unpaired) electrons. The van der Waals surface area contributed by atoms with Crippen molar-refractivity contribution in [2.75, 3.05) is 0 Å². The van der Waals surface area contributed by atoms with E-state index in [1.165, 1.54) is 22.3 Å². The van der Waals surface area contributed by atoms with Crippen LogP contribution in [0.3, 0.4) is 0 Å². The monoisotopic (exact) mass is 296 g/mol. The first-order valence-corrected chi connectivity index (χ1v) is 7.94. The van der Waals surface area contributed by atoms with Gasteiger partial charge in [0.1, 0.15) is 0 Å². The van der Waals surface area contributed by atoms with Crippen LogP contribution in [-0.2, 0) is 6.42 Å². The van der Waals surface area contributed by atoms with Crippen molar-refractivity contribution in [2.24, 2.45) is 0 Å². The summed E-state index contributed by atoms with van der Waals surface area (Å²) >= 11 is 0. The number of rotatable bonds is 5. The van der Waals surface area contributed by atoms with Gasteiger partial charge in [0.05, 0.1) is 0 Å². The molecule has 112 valence electrons. The van der Waals surface area contributed by atoms with E-state index in [9.17, 15) is 0 Å². The van der Waals surface area contributed by atoms with Gasteiger partial charge >= 0.3 is 0 Å². The maximum Gasteiger partial charge on any atom is -0.00882 e. The van der Waals surface area contributed by atoms with Gasteiger partial charge in [-0.3, -0.25) is 0 Å². The van der Waals surface area contributed by atoms with Gasteiger partial charge in [-0.2, -0.15) is 0 Å². The van der Waals surface area contributed by atoms with Crippen molar-refractivity contribution in [3.63, 3.8) is 0 Å². The van der Waals surface area contributed by atoms with Crippen LogP contribution in [0, 0.1) is 0 Å². The zero-order valence-electron chi connectivity index (χ0n) is 13.1. The molecule has 0 atom stereocenters. The third-order valence-electron chi connectivity index (χ3n) is 3.76. The fourth-order valence-corrected chi connectivity index (χ4v) is 2.50. The summed E-state index contributed by atoms with van der Waals surface area (Å²) < 4.78 is 0. The van der Waals surface area contributed by atoms with Crippen molar-refractivity contribution < 1.29 is 0 Å². The Kier molecular flexibility index (Phi) is 5.21. The average Bonchev–Trinajstić information content (AvgIpc) is 2.64. The van der Waals surface area contributed by atoms with E-state index < -0.39 is 0 Å². The molecule has 3 aromatic rings. The van der Waals surface area contributed by atoms with Crippen molar-refractivity contribution in [1.29, 1.82) is 0 Å². The quantitative estimate of drug-likeness (QED) is 0.504. The van der Waals surface area contributed by atoms with Crippen LogP contribution in [-0.4, -0.2) is 0 Å². The van der Waals surface area contributed by atoms with E-state index in [0.717, 1.165) is 6.42 Å². The molecule has 0 fully saturated rings. The Morgan fingerprint density at radius 1 is 0.652 bits per heavy atom. The van der Waals surface area contributed by atoms with Gasteiger partial charge in [0.2, 0.25) is 0 Å². The van der Waals surface area contributed by atoms with E-state index in [4.69, 9.17) is 0 Å². The highest BCUT2D eigenvalue weighted by Gasteiger charge is 1.98. The van der Waals surface area contributed by atoms with E-state index in [-0.39, 0.29) is 0 Å². The highest BCUT2D eigenvalue weighted by Crippen LogP contribution is 2.18. The molecule has 23 heavy (non-hydrogen) atoms. The number of benzene rings is 3. The third-order valence-corrected chi connectivity index (χ3v) is 3.76. The minimum Gasteiger partial charge on any atom is -0.0723 e. The van der Waals surface area contributed by atoms with Gasteiger partial charge < -0.3 is 0 Å². The highest BCUT2D eigenvalue weighted by atomic mass is 14.0. The maximum atomic E-state index is 2.30. The molecule has 0 amide bonds. The van der Waals surface area contributed by atoms with Crippen molar-refractivity contribution in [3.05, 3.63) is 120 Å². The Morgan fingerprint density at radius 3 is 1.87 bits per heavy atom. The largest absolute Gasteiger partial charge is 0.0723 e. The predicted octanol–water partition coefficient (Wildman–Crippen LogP) is 6.03. The summed E-state index contributed by atoms with van der Waals surface area (Å²) in [7, 11) is 0. The van der Waals surface area contributed by atoms with E-state index in [0.29, 0.717) is 0 Å². The van der Waals surface area contributed by atoms with Crippen molar-refractivity contribution in [1.82, 2.24) is 0 Å². The zero-order chi connectivity index (χ0) is 15.7. The van der Waals surface area contributed by atoms with Crippen LogP contribution >= 0.6 is 0 Å². The molecular formula is C23H20. The van der Waals surface area contributed by atoms with Gasteiger partial charge in [-0.15, -0.1) is 0 Å². The minimum absolute atomic E-state index is 0.935. The molecule has 0 N–H and O–H groups in total. The smallest absolute Gasteiger partial charge is 0.00882 e. The summed E-state index contributed by atoms with van der Waals surface area (Å²) in [6, 6.07) is 31.5. The Hall–Kier alpha value is -2.86. The van der Waals surface area contributed by atoms with E-state index in [1.807, 2.05) is 6.07 Å². The van der Waals surface area contributed by atoms with Gasteiger partial charge in [-0.25, -0.2) is 0 Å². The van der Waals surface area contributed by atoms with Crippen LogP contribution in [0.15, 0.2) is 103 Å². The lowest BCUT2D eigenvalue weighted by atomic mass is 10.0. The molecule has 0 bridgehead atoms. The number of allylic oxidation sites excluding steroid dienone is 3. The van der Waals surface area contributed by atoms with E-state index in [2.05, 4.69) is 103 Å². The van der Waals surface area contributed by atoms with Crippen molar-refractivity contribution in [3.8, 4) is 0 Å². The lowest BCUT2D eigenvalue weighted by Gasteiger charge is -2.04. The summed E-state index contributed by atoms with van der Waals surface area (Å²) in [5, 5.41) is 0. The molecule has 0 aliphatic rings. The lowest BCUT2D eigenvalue weighted by molar-refractivity contribution is 1.27. The van der Waals surface area contributed by atoms with Crippen LogP contribution in [0.5, 0.6) is 0 Å². The molecule has 0 nitrogen and oxygen atoms in total. The fraction of sp³-hybridized carbons (Fsp3) is 0.0435. The summed E-state index contributed by atoms with van der Waals surface area (Å²) in [5.41, 5.74) is 5.04. The molecule has 0 heteroatoms. The molecule has 0 saturated heterocycles. The highest BCUT2D eigenvalue weighted by molar-refractivity contribution is 5.79. The van der Waals surface area contributed by atoms with Gasteiger partial charge in [0.25, 0.3) is 0 Å². The molecule has 3 rings (SSSR count). The Bertz CT molecular complexity index is 766. The van der Waals surface area contributed by atoms with Crippen LogP contribution in [0.4, 0.5) is 0 Å². The van der Waals surface area contributed by atoms with Gasteiger partial charge in [0, 0.05) is 0 Å². The molecule has 0 aliphatic carbocycles. The lowest BCUT2D eigenvalue weighted by Crippen LogP contribution is -1.85. The molecule has 0 heterocycles. The van der Waals surface area contributed by atoms with E-state index in [1.54, 1.807) is 0 Å². The Balaban J connectivity index is 1.86. The summed E-state index contributed by atoms with van der Waals surface area (Å²) in [6.07, 6.45) is 7.60. The maximum absolute atomic E-state index is 2.30. The Morgan fingerprint density at radius 2 is 1.22 bits per heavy atom. The standard InChI is InChI=1S/C23H20/c1-4-10-20(11-5-1)16-18-23(22-14-8-3-9-15-22)19-17-21-12-6-2-7-13-21/h1-16,18-19H,17H2. The second-order valence-electron chi connectivity index (χ2n) is 5.46. The summed E-state index contributed by atoms with van der Waals surface area (Å²) in [5.74, 6) is 0. The van der Waals surface area contributed by atoms with Crippen LogP contribution in [0.2, 0.25) is 0 Å². The first-order chi connectivity index (χ1) is 11.4. The van der Waals surface area contributed by atoms with Crippen molar-refractivity contribution in [2.45, 2.75) is 6.42 Å². The second-order valence-corrected chi connectivity index (χ2v) is 5.46. The first-order valence-electron chi connectivity index (χ1n) is 7.94. The third kappa shape index (κ3) is 4.55. The summed E-state index contributed by atoms with van der Waals surface area (Å²) in [4.78, 5) is 0. The number of hydrogen-bond donors (Lipinski definition) is 0. The first kappa shape index (κ1) is 15.1. The molecule has 3 aromatic carbocycles. The topological polar surface area (TPSA) is 0 Å².